The standard InChI is InChI=1S/C20H21N3O/c24-20-8-4-3-7-19(20)23-11-9-22(10-12-23)15-16-13-17-5-1-2-6-18(17)21-14-16/h1-8,13-14,24H,9-12,15H2. The van der Waals surface area contributed by atoms with E-state index in [1.54, 1.807) is 6.07 Å². The van der Waals surface area contributed by atoms with Crippen LogP contribution < -0.4 is 4.90 Å². The lowest BCUT2D eigenvalue weighted by atomic mass is 10.1. The van der Waals surface area contributed by atoms with Gasteiger partial charge in [0.25, 0.3) is 0 Å². The van der Waals surface area contributed by atoms with Gasteiger partial charge in [-0.25, -0.2) is 0 Å². The van der Waals surface area contributed by atoms with Crippen LogP contribution >= 0.6 is 0 Å². The van der Waals surface area contributed by atoms with Gasteiger partial charge < -0.3 is 10.0 Å². The van der Waals surface area contributed by atoms with Crippen molar-refractivity contribution in [2.45, 2.75) is 6.54 Å². The molecule has 0 radical (unpaired) electrons. The van der Waals surface area contributed by atoms with Gasteiger partial charge in [-0.05, 0) is 29.8 Å². The van der Waals surface area contributed by atoms with E-state index in [0.717, 1.165) is 43.9 Å². The van der Waals surface area contributed by atoms with E-state index in [2.05, 4.69) is 33.0 Å². The molecule has 2 heterocycles. The third-order valence-electron chi connectivity index (χ3n) is 4.65. The van der Waals surface area contributed by atoms with E-state index in [9.17, 15) is 5.11 Å². The summed E-state index contributed by atoms with van der Waals surface area (Å²) in [6, 6.07) is 18.0. The Bertz CT molecular complexity index is 841. The van der Waals surface area contributed by atoms with Crippen LogP contribution in [0.25, 0.3) is 10.9 Å². The van der Waals surface area contributed by atoms with Gasteiger partial charge in [-0.15, -0.1) is 0 Å². The summed E-state index contributed by atoms with van der Waals surface area (Å²) in [4.78, 5) is 9.25. The van der Waals surface area contributed by atoms with Crippen molar-refractivity contribution in [2.24, 2.45) is 0 Å². The molecule has 1 aliphatic rings. The zero-order valence-electron chi connectivity index (χ0n) is 13.6. The summed E-state index contributed by atoms with van der Waals surface area (Å²) in [6.45, 7) is 4.76. The highest BCUT2D eigenvalue weighted by Crippen LogP contribution is 2.27. The van der Waals surface area contributed by atoms with Gasteiger partial charge in [-0.2, -0.15) is 0 Å². The molecule has 0 unspecified atom stereocenters. The zero-order chi connectivity index (χ0) is 16.4. The van der Waals surface area contributed by atoms with E-state index in [1.807, 2.05) is 36.5 Å². The maximum absolute atomic E-state index is 10.0. The molecule has 0 bridgehead atoms. The fourth-order valence-corrected chi connectivity index (χ4v) is 3.34. The summed E-state index contributed by atoms with van der Waals surface area (Å²) >= 11 is 0. The highest BCUT2D eigenvalue weighted by molar-refractivity contribution is 5.78. The van der Waals surface area contributed by atoms with Gasteiger partial charge in [0.05, 0.1) is 11.2 Å². The smallest absolute Gasteiger partial charge is 0.138 e. The molecule has 0 saturated carbocycles. The Hall–Kier alpha value is -2.59. The number of pyridine rings is 1. The van der Waals surface area contributed by atoms with Crippen LogP contribution in [-0.4, -0.2) is 41.2 Å². The third kappa shape index (κ3) is 3.05. The number of hydrogen-bond donors (Lipinski definition) is 1. The fraction of sp³-hybridized carbons (Fsp3) is 0.250. The number of para-hydroxylation sites is 3. The van der Waals surface area contributed by atoms with Crippen LogP contribution in [0.1, 0.15) is 5.56 Å². The first-order chi connectivity index (χ1) is 11.8. The maximum atomic E-state index is 10.0. The minimum atomic E-state index is 0.365. The van der Waals surface area contributed by atoms with Crippen molar-refractivity contribution >= 4 is 16.6 Å². The molecular weight excluding hydrogens is 298 g/mol. The molecule has 0 atom stereocenters. The number of anilines is 1. The van der Waals surface area contributed by atoms with E-state index >= 15 is 0 Å². The predicted octanol–water partition coefficient (Wildman–Crippen LogP) is 3.26. The highest BCUT2D eigenvalue weighted by atomic mass is 16.3. The van der Waals surface area contributed by atoms with Gasteiger partial charge in [0.15, 0.2) is 0 Å². The van der Waals surface area contributed by atoms with E-state index in [1.165, 1.54) is 10.9 Å². The molecule has 1 saturated heterocycles. The van der Waals surface area contributed by atoms with Crippen molar-refractivity contribution in [3.8, 4) is 5.75 Å². The number of benzene rings is 2. The second kappa shape index (κ2) is 6.49. The Morgan fingerprint density at radius 2 is 1.67 bits per heavy atom. The van der Waals surface area contributed by atoms with Crippen molar-refractivity contribution < 1.29 is 5.11 Å². The van der Waals surface area contributed by atoms with Crippen molar-refractivity contribution in [2.75, 3.05) is 31.1 Å². The monoisotopic (exact) mass is 319 g/mol. The molecule has 24 heavy (non-hydrogen) atoms. The minimum absolute atomic E-state index is 0.365. The number of piperazine rings is 1. The number of phenols is 1. The lowest BCUT2D eigenvalue weighted by Gasteiger charge is -2.36. The second-order valence-electron chi connectivity index (χ2n) is 6.29. The molecule has 4 rings (SSSR count). The molecule has 2 aromatic carbocycles. The molecule has 0 amide bonds. The van der Waals surface area contributed by atoms with Gasteiger partial charge in [-0.1, -0.05) is 30.3 Å². The van der Waals surface area contributed by atoms with Crippen LogP contribution in [-0.2, 0) is 6.54 Å². The van der Waals surface area contributed by atoms with Crippen molar-refractivity contribution in [1.29, 1.82) is 0 Å². The van der Waals surface area contributed by atoms with Crippen LogP contribution in [0.3, 0.4) is 0 Å². The number of fused-ring (bicyclic) bond motifs is 1. The van der Waals surface area contributed by atoms with Gasteiger partial charge in [0.2, 0.25) is 0 Å². The first kappa shape index (κ1) is 15.0. The van der Waals surface area contributed by atoms with Crippen molar-refractivity contribution in [3.05, 3.63) is 66.4 Å². The quantitative estimate of drug-likeness (QED) is 0.804. The molecule has 0 aliphatic carbocycles. The zero-order valence-corrected chi connectivity index (χ0v) is 13.6. The van der Waals surface area contributed by atoms with Gasteiger partial charge in [0, 0.05) is 44.3 Å². The summed E-state index contributed by atoms with van der Waals surface area (Å²) in [5.74, 6) is 0.365. The van der Waals surface area contributed by atoms with E-state index in [-0.39, 0.29) is 0 Å². The van der Waals surface area contributed by atoms with Gasteiger partial charge in [-0.3, -0.25) is 9.88 Å². The Balaban J connectivity index is 1.41. The highest BCUT2D eigenvalue weighted by Gasteiger charge is 2.19. The number of aromatic nitrogens is 1. The number of nitrogens with zero attached hydrogens (tertiary/aromatic N) is 3. The lowest BCUT2D eigenvalue weighted by Crippen LogP contribution is -2.46. The van der Waals surface area contributed by atoms with E-state index in [4.69, 9.17) is 0 Å². The Kier molecular flexibility index (Phi) is 4.05. The summed E-state index contributed by atoms with van der Waals surface area (Å²) in [6.07, 6.45) is 1.98. The Morgan fingerprint density at radius 3 is 2.50 bits per heavy atom. The van der Waals surface area contributed by atoms with Crippen LogP contribution in [0.2, 0.25) is 0 Å². The van der Waals surface area contributed by atoms with E-state index in [0.29, 0.717) is 5.75 Å². The molecule has 1 aromatic heterocycles. The predicted molar refractivity (Wildman–Crippen MR) is 97.3 cm³/mol. The molecule has 1 N–H and O–H groups in total. The van der Waals surface area contributed by atoms with E-state index < -0.39 is 0 Å². The third-order valence-corrected chi connectivity index (χ3v) is 4.65. The minimum Gasteiger partial charge on any atom is -0.506 e. The molecular formula is C20H21N3O. The average molecular weight is 319 g/mol. The Morgan fingerprint density at radius 1 is 0.917 bits per heavy atom. The first-order valence-electron chi connectivity index (χ1n) is 8.38. The van der Waals surface area contributed by atoms with Crippen LogP contribution in [0.5, 0.6) is 5.75 Å². The second-order valence-corrected chi connectivity index (χ2v) is 6.29. The molecule has 122 valence electrons. The number of aromatic hydroxyl groups is 1. The summed E-state index contributed by atoms with van der Waals surface area (Å²) in [5, 5.41) is 11.2. The summed E-state index contributed by atoms with van der Waals surface area (Å²) < 4.78 is 0. The first-order valence-corrected chi connectivity index (χ1v) is 8.38. The number of phenolic OH excluding ortho intramolecular Hbond substituents is 1. The van der Waals surface area contributed by atoms with Crippen LogP contribution in [0.15, 0.2) is 60.8 Å². The molecule has 4 heteroatoms. The normalized spacial score (nSPS) is 15.8. The van der Waals surface area contributed by atoms with Crippen molar-refractivity contribution in [3.63, 3.8) is 0 Å². The molecule has 3 aromatic rings. The summed E-state index contributed by atoms with van der Waals surface area (Å²) in [5.41, 5.74) is 3.24. The largest absolute Gasteiger partial charge is 0.506 e. The van der Waals surface area contributed by atoms with Crippen LogP contribution in [0.4, 0.5) is 5.69 Å². The molecule has 0 spiro atoms. The maximum Gasteiger partial charge on any atom is 0.138 e. The van der Waals surface area contributed by atoms with Crippen molar-refractivity contribution in [1.82, 2.24) is 9.88 Å². The fourth-order valence-electron chi connectivity index (χ4n) is 3.34. The SMILES string of the molecule is Oc1ccccc1N1CCN(Cc2cnc3ccccc3c2)CC1. The number of hydrogen-bond acceptors (Lipinski definition) is 4. The van der Waals surface area contributed by atoms with Crippen LogP contribution in [0, 0.1) is 0 Å². The Labute approximate surface area is 142 Å². The van der Waals surface area contributed by atoms with Gasteiger partial charge >= 0.3 is 0 Å². The topological polar surface area (TPSA) is 39.6 Å². The summed E-state index contributed by atoms with van der Waals surface area (Å²) in [7, 11) is 0. The van der Waals surface area contributed by atoms with Gasteiger partial charge in [0.1, 0.15) is 5.75 Å². The molecule has 1 aliphatic heterocycles. The average Bonchev–Trinajstić information content (AvgIpc) is 2.63. The number of rotatable bonds is 3. The lowest BCUT2D eigenvalue weighted by molar-refractivity contribution is 0.249. The molecule has 4 nitrogen and oxygen atoms in total. The molecule has 1 fully saturated rings.